The number of aryl methyl sites for hydroxylation is 1. The van der Waals surface area contributed by atoms with Crippen LogP contribution < -0.4 is 5.32 Å². The van der Waals surface area contributed by atoms with Crippen molar-refractivity contribution in [2.45, 2.75) is 31.7 Å². The SMILES string of the molecule is Cn1nccc1CCNCc1ccccc1C1CC1. The molecule has 100 valence electrons. The smallest absolute Gasteiger partial charge is 0.0492 e. The van der Waals surface area contributed by atoms with E-state index in [2.05, 4.69) is 40.7 Å². The first-order chi connectivity index (χ1) is 9.34. The topological polar surface area (TPSA) is 29.9 Å². The Morgan fingerprint density at radius 2 is 2.11 bits per heavy atom. The Bertz CT molecular complexity index is 540. The van der Waals surface area contributed by atoms with Crippen molar-refractivity contribution in [1.82, 2.24) is 15.1 Å². The second kappa shape index (κ2) is 5.57. The van der Waals surface area contributed by atoms with Crippen LogP contribution in [0.5, 0.6) is 0 Å². The van der Waals surface area contributed by atoms with Gasteiger partial charge in [0.15, 0.2) is 0 Å². The summed E-state index contributed by atoms with van der Waals surface area (Å²) in [5.41, 5.74) is 4.30. The Morgan fingerprint density at radius 3 is 2.84 bits per heavy atom. The molecule has 1 aliphatic carbocycles. The van der Waals surface area contributed by atoms with E-state index in [1.165, 1.54) is 24.1 Å². The average molecular weight is 255 g/mol. The number of rotatable bonds is 6. The predicted molar refractivity (Wildman–Crippen MR) is 77.0 cm³/mol. The molecule has 1 saturated carbocycles. The van der Waals surface area contributed by atoms with Crippen LogP contribution in [0, 0.1) is 0 Å². The second-order valence-electron chi connectivity index (χ2n) is 5.35. The fourth-order valence-electron chi connectivity index (χ4n) is 2.57. The van der Waals surface area contributed by atoms with Gasteiger partial charge in [-0.2, -0.15) is 5.10 Å². The Labute approximate surface area is 114 Å². The highest BCUT2D eigenvalue weighted by Gasteiger charge is 2.25. The number of aromatic nitrogens is 2. The molecule has 1 heterocycles. The zero-order valence-electron chi connectivity index (χ0n) is 11.5. The van der Waals surface area contributed by atoms with E-state index >= 15 is 0 Å². The molecule has 0 aliphatic heterocycles. The van der Waals surface area contributed by atoms with Gasteiger partial charge in [-0.1, -0.05) is 24.3 Å². The highest BCUT2D eigenvalue weighted by atomic mass is 15.3. The highest BCUT2D eigenvalue weighted by Crippen LogP contribution is 2.41. The molecule has 0 saturated heterocycles. The van der Waals surface area contributed by atoms with Crippen LogP contribution >= 0.6 is 0 Å². The summed E-state index contributed by atoms with van der Waals surface area (Å²) in [4.78, 5) is 0. The van der Waals surface area contributed by atoms with Gasteiger partial charge in [0, 0.05) is 38.4 Å². The van der Waals surface area contributed by atoms with Crippen molar-refractivity contribution in [1.29, 1.82) is 0 Å². The molecule has 1 fully saturated rings. The molecule has 0 unspecified atom stereocenters. The van der Waals surface area contributed by atoms with Gasteiger partial charge in [-0.15, -0.1) is 0 Å². The van der Waals surface area contributed by atoms with Crippen molar-refractivity contribution >= 4 is 0 Å². The lowest BCUT2D eigenvalue weighted by atomic mass is 10.0. The molecule has 0 bridgehead atoms. The first kappa shape index (κ1) is 12.4. The van der Waals surface area contributed by atoms with Crippen LogP contribution in [-0.4, -0.2) is 16.3 Å². The van der Waals surface area contributed by atoms with Gasteiger partial charge < -0.3 is 5.32 Å². The number of hydrogen-bond acceptors (Lipinski definition) is 2. The van der Waals surface area contributed by atoms with E-state index < -0.39 is 0 Å². The largest absolute Gasteiger partial charge is 0.312 e. The van der Waals surface area contributed by atoms with Gasteiger partial charge in [0.1, 0.15) is 0 Å². The zero-order valence-corrected chi connectivity index (χ0v) is 11.5. The van der Waals surface area contributed by atoms with E-state index in [1.807, 2.05) is 17.9 Å². The van der Waals surface area contributed by atoms with Crippen molar-refractivity contribution < 1.29 is 0 Å². The van der Waals surface area contributed by atoms with Crippen LogP contribution in [0.4, 0.5) is 0 Å². The maximum Gasteiger partial charge on any atom is 0.0492 e. The van der Waals surface area contributed by atoms with E-state index in [0.29, 0.717) is 0 Å². The normalized spacial score (nSPS) is 14.8. The van der Waals surface area contributed by atoms with E-state index in [0.717, 1.165) is 25.4 Å². The molecule has 1 aromatic heterocycles. The van der Waals surface area contributed by atoms with Crippen molar-refractivity contribution in [2.24, 2.45) is 7.05 Å². The predicted octanol–water partition coefficient (Wildman–Crippen LogP) is 2.63. The molecule has 2 aromatic rings. The van der Waals surface area contributed by atoms with Gasteiger partial charge in [0.2, 0.25) is 0 Å². The molecule has 0 atom stereocenters. The minimum absolute atomic E-state index is 0.829. The van der Waals surface area contributed by atoms with Crippen LogP contribution in [0.2, 0.25) is 0 Å². The van der Waals surface area contributed by atoms with Crippen LogP contribution in [-0.2, 0) is 20.0 Å². The number of hydrogen-bond donors (Lipinski definition) is 1. The summed E-state index contributed by atoms with van der Waals surface area (Å²) in [7, 11) is 2.00. The first-order valence-corrected chi connectivity index (χ1v) is 7.10. The van der Waals surface area contributed by atoms with E-state index in [-0.39, 0.29) is 0 Å². The van der Waals surface area contributed by atoms with Crippen LogP contribution in [0.15, 0.2) is 36.5 Å². The van der Waals surface area contributed by atoms with Gasteiger partial charge >= 0.3 is 0 Å². The summed E-state index contributed by atoms with van der Waals surface area (Å²) in [6.45, 7) is 1.98. The van der Waals surface area contributed by atoms with Crippen LogP contribution in [0.3, 0.4) is 0 Å². The van der Waals surface area contributed by atoms with Gasteiger partial charge in [-0.05, 0) is 36.0 Å². The summed E-state index contributed by atoms with van der Waals surface area (Å²) in [5, 5.41) is 7.74. The zero-order chi connectivity index (χ0) is 13.1. The van der Waals surface area contributed by atoms with E-state index in [4.69, 9.17) is 0 Å². The molecule has 1 N–H and O–H groups in total. The monoisotopic (exact) mass is 255 g/mol. The van der Waals surface area contributed by atoms with E-state index in [9.17, 15) is 0 Å². The highest BCUT2D eigenvalue weighted by molar-refractivity contribution is 5.33. The Kier molecular flexibility index (Phi) is 3.65. The molecule has 1 aromatic carbocycles. The fraction of sp³-hybridized carbons (Fsp3) is 0.438. The van der Waals surface area contributed by atoms with Crippen LogP contribution in [0.25, 0.3) is 0 Å². The van der Waals surface area contributed by atoms with E-state index in [1.54, 1.807) is 5.56 Å². The molecule has 3 nitrogen and oxygen atoms in total. The lowest BCUT2D eigenvalue weighted by molar-refractivity contribution is 0.641. The lowest BCUT2D eigenvalue weighted by Gasteiger charge is -2.10. The molecule has 3 heteroatoms. The summed E-state index contributed by atoms with van der Waals surface area (Å²) < 4.78 is 1.94. The molecular weight excluding hydrogens is 234 g/mol. The second-order valence-corrected chi connectivity index (χ2v) is 5.35. The standard InChI is InChI=1S/C16H21N3/c1-19-15(9-11-18-19)8-10-17-12-14-4-2-3-5-16(14)13-6-7-13/h2-5,9,11,13,17H,6-8,10,12H2,1H3. The number of nitrogens with one attached hydrogen (secondary N) is 1. The molecule has 0 amide bonds. The van der Waals surface area contributed by atoms with Gasteiger partial charge in [0.05, 0.1) is 0 Å². The maximum absolute atomic E-state index is 4.19. The molecular formula is C16H21N3. The maximum atomic E-state index is 4.19. The van der Waals surface area contributed by atoms with Gasteiger partial charge in [0.25, 0.3) is 0 Å². The fourth-order valence-corrected chi connectivity index (χ4v) is 2.57. The third-order valence-corrected chi connectivity index (χ3v) is 3.87. The number of benzene rings is 1. The third kappa shape index (κ3) is 3.04. The van der Waals surface area contributed by atoms with Gasteiger partial charge in [-0.25, -0.2) is 0 Å². The van der Waals surface area contributed by atoms with Gasteiger partial charge in [-0.3, -0.25) is 4.68 Å². The summed E-state index contributed by atoms with van der Waals surface area (Å²) in [6, 6.07) is 10.9. The molecule has 0 spiro atoms. The first-order valence-electron chi connectivity index (χ1n) is 7.10. The van der Waals surface area contributed by atoms with Crippen LogP contribution in [0.1, 0.15) is 35.6 Å². The minimum atomic E-state index is 0.829. The summed E-state index contributed by atoms with van der Waals surface area (Å²) in [5.74, 6) is 0.829. The van der Waals surface area contributed by atoms with Crippen molar-refractivity contribution in [2.75, 3.05) is 6.54 Å². The summed E-state index contributed by atoms with van der Waals surface area (Å²) >= 11 is 0. The molecule has 19 heavy (non-hydrogen) atoms. The number of nitrogens with zero attached hydrogens (tertiary/aromatic N) is 2. The van der Waals surface area contributed by atoms with Crippen molar-refractivity contribution in [3.8, 4) is 0 Å². The quantitative estimate of drug-likeness (QED) is 0.804. The molecule has 3 rings (SSSR count). The van der Waals surface area contributed by atoms with Crippen molar-refractivity contribution in [3.63, 3.8) is 0 Å². The molecule has 0 radical (unpaired) electrons. The Morgan fingerprint density at radius 1 is 1.26 bits per heavy atom. The Hall–Kier alpha value is -1.61. The Balaban J connectivity index is 1.51. The van der Waals surface area contributed by atoms with Crippen molar-refractivity contribution in [3.05, 3.63) is 53.3 Å². The third-order valence-electron chi connectivity index (χ3n) is 3.87. The minimum Gasteiger partial charge on any atom is -0.312 e. The summed E-state index contributed by atoms with van der Waals surface area (Å²) in [6.07, 6.45) is 5.62. The molecule has 1 aliphatic rings. The average Bonchev–Trinajstić information content (AvgIpc) is 3.19. The lowest BCUT2D eigenvalue weighted by Crippen LogP contribution is -2.18.